The van der Waals surface area contributed by atoms with Crippen LogP contribution in [-0.4, -0.2) is 36.2 Å². The molecule has 0 heterocycles. The van der Waals surface area contributed by atoms with Gasteiger partial charge < -0.3 is 15.7 Å². The van der Waals surface area contributed by atoms with E-state index in [2.05, 4.69) is 10.6 Å². The van der Waals surface area contributed by atoms with Crippen molar-refractivity contribution in [2.24, 2.45) is 0 Å². The minimum atomic E-state index is -0.193. The van der Waals surface area contributed by atoms with Crippen LogP contribution in [0.4, 0.5) is 0 Å². The number of aliphatic hydroxyl groups is 1. The summed E-state index contributed by atoms with van der Waals surface area (Å²) in [5, 5.41) is 14.5. The Balaban J connectivity index is 3.71. The SMILES string of the molecule is CCNC(=O)C(C)NC(C)CCO. The van der Waals surface area contributed by atoms with Crippen molar-refractivity contribution in [2.45, 2.75) is 39.3 Å². The van der Waals surface area contributed by atoms with E-state index in [1.807, 2.05) is 20.8 Å². The lowest BCUT2D eigenvalue weighted by atomic mass is 10.2. The Morgan fingerprint density at radius 3 is 2.54 bits per heavy atom. The Kier molecular flexibility index (Phi) is 6.54. The molecule has 0 aromatic heterocycles. The van der Waals surface area contributed by atoms with Crippen molar-refractivity contribution >= 4 is 5.91 Å². The van der Waals surface area contributed by atoms with E-state index >= 15 is 0 Å². The first-order valence-corrected chi connectivity index (χ1v) is 4.76. The van der Waals surface area contributed by atoms with Crippen molar-refractivity contribution in [3.05, 3.63) is 0 Å². The molecule has 0 aromatic carbocycles. The van der Waals surface area contributed by atoms with E-state index < -0.39 is 0 Å². The van der Waals surface area contributed by atoms with E-state index in [1.165, 1.54) is 0 Å². The van der Waals surface area contributed by atoms with Crippen LogP contribution in [0, 0.1) is 0 Å². The summed E-state index contributed by atoms with van der Waals surface area (Å²) >= 11 is 0. The molecule has 3 N–H and O–H groups in total. The number of hydrogen-bond acceptors (Lipinski definition) is 3. The molecule has 2 unspecified atom stereocenters. The van der Waals surface area contributed by atoms with Gasteiger partial charge in [0, 0.05) is 19.2 Å². The molecular weight excluding hydrogens is 168 g/mol. The summed E-state index contributed by atoms with van der Waals surface area (Å²) in [6, 6.07) is -0.0240. The van der Waals surface area contributed by atoms with Crippen molar-refractivity contribution in [1.29, 1.82) is 0 Å². The fraction of sp³-hybridized carbons (Fsp3) is 0.889. The van der Waals surface area contributed by atoms with Crippen molar-refractivity contribution in [1.82, 2.24) is 10.6 Å². The number of rotatable bonds is 6. The van der Waals surface area contributed by atoms with Gasteiger partial charge in [0.2, 0.25) is 5.91 Å². The molecule has 0 saturated heterocycles. The van der Waals surface area contributed by atoms with Crippen molar-refractivity contribution in [3.8, 4) is 0 Å². The van der Waals surface area contributed by atoms with Crippen LogP contribution in [0.3, 0.4) is 0 Å². The van der Waals surface area contributed by atoms with Gasteiger partial charge in [0.1, 0.15) is 0 Å². The Bertz CT molecular complexity index is 151. The normalized spacial score (nSPS) is 15.1. The molecular formula is C9H20N2O2. The second kappa shape index (κ2) is 6.86. The molecule has 0 radical (unpaired) electrons. The lowest BCUT2D eigenvalue weighted by Crippen LogP contribution is -2.45. The van der Waals surface area contributed by atoms with Crippen LogP contribution < -0.4 is 10.6 Å². The highest BCUT2D eigenvalue weighted by Gasteiger charge is 2.13. The predicted octanol–water partition coefficient (Wildman–Crippen LogP) is -0.128. The van der Waals surface area contributed by atoms with Crippen molar-refractivity contribution < 1.29 is 9.90 Å². The molecule has 0 aliphatic carbocycles. The number of hydrogen-bond donors (Lipinski definition) is 3. The number of amides is 1. The van der Waals surface area contributed by atoms with Gasteiger partial charge in [-0.2, -0.15) is 0 Å². The molecule has 0 bridgehead atoms. The Morgan fingerprint density at radius 2 is 2.08 bits per heavy atom. The highest BCUT2D eigenvalue weighted by Crippen LogP contribution is 1.92. The van der Waals surface area contributed by atoms with E-state index in [1.54, 1.807) is 0 Å². The zero-order chi connectivity index (χ0) is 10.3. The maximum absolute atomic E-state index is 11.2. The Morgan fingerprint density at radius 1 is 1.46 bits per heavy atom. The summed E-state index contributed by atoms with van der Waals surface area (Å²) in [6.07, 6.45) is 0.670. The average molecular weight is 188 g/mol. The van der Waals surface area contributed by atoms with E-state index in [0.29, 0.717) is 13.0 Å². The molecule has 78 valence electrons. The standard InChI is InChI=1S/C9H20N2O2/c1-4-10-9(13)8(3)11-7(2)5-6-12/h7-8,11-12H,4-6H2,1-3H3,(H,10,13). The predicted molar refractivity (Wildman–Crippen MR) is 52.4 cm³/mol. The maximum atomic E-state index is 11.2. The first-order chi connectivity index (χ1) is 6.11. The molecule has 0 spiro atoms. The van der Waals surface area contributed by atoms with Crippen LogP contribution in [0.25, 0.3) is 0 Å². The molecule has 0 fully saturated rings. The third kappa shape index (κ3) is 5.60. The van der Waals surface area contributed by atoms with Crippen LogP contribution >= 0.6 is 0 Å². The third-order valence-corrected chi connectivity index (χ3v) is 1.84. The Hall–Kier alpha value is -0.610. The molecule has 13 heavy (non-hydrogen) atoms. The zero-order valence-electron chi connectivity index (χ0n) is 8.63. The van der Waals surface area contributed by atoms with Crippen LogP contribution in [0.2, 0.25) is 0 Å². The lowest BCUT2D eigenvalue weighted by molar-refractivity contribution is -0.122. The number of aliphatic hydroxyl groups excluding tert-OH is 1. The number of nitrogens with one attached hydrogen (secondary N) is 2. The fourth-order valence-corrected chi connectivity index (χ4v) is 1.11. The summed E-state index contributed by atoms with van der Waals surface area (Å²) in [7, 11) is 0. The average Bonchev–Trinajstić information content (AvgIpc) is 2.05. The summed E-state index contributed by atoms with van der Waals surface area (Å²) in [6.45, 7) is 6.46. The monoisotopic (exact) mass is 188 g/mol. The number of carbonyl (C=O) groups is 1. The smallest absolute Gasteiger partial charge is 0.236 e. The van der Waals surface area contributed by atoms with Crippen LogP contribution in [0.15, 0.2) is 0 Å². The van der Waals surface area contributed by atoms with Crippen LogP contribution in [0.1, 0.15) is 27.2 Å². The zero-order valence-corrected chi connectivity index (χ0v) is 8.63. The molecule has 2 atom stereocenters. The molecule has 1 amide bonds. The summed E-state index contributed by atoms with van der Waals surface area (Å²) in [4.78, 5) is 11.2. The number of likely N-dealkylation sites (N-methyl/N-ethyl adjacent to an activating group) is 1. The molecule has 0 aliphatic rings. The fourth-order valence-electron chi connectivity index (χ4n) is 1.11. The highest BCUT2D eigenvalue weighted by atomic mass is 16.3. The third-order valence-electron chi connectivity index (χ3n) is 1.84. The van der Waals surface area contributed by atoms with E-state index in [9.17, 15) is 4.79 Å². The van der Waals surface area contributed by atoms with Gasteiger partial charge in [-0.25, -0.2) is 0 Å². The van der Waals surface area contributed by atoms with Gasteiger partial charge in [0.15, 0.2) is 0 Å². The van der Waals surface area contributed by atoms with E-state index in [0.717, 1.165) is 0 Å². The topological polar surface area (TPSA) is 61.4 Å². The molecule has 4 heteroatoms. The second-order valence-electron chi connectivity index (χ2n) is 3.20. The first kappa shape index (κ1) is 12.4. The van der Waals surface area contributed by atoms with E-state index in [-0.39, 0.29) is 24.6 Å². The van der Waals surface area contributed by atoms with Gasteiger partial charge in [-0.3, -0.25) is 4.79 Å². The second-order valence-corrected chi connectivity index (χ2v) is 3.20. The van der Waals surface area contributed by atoms with Crippen LogP contribution in [-0.2, 0) is 4.79 Å². The van der Waals surface area contributed by atoms with Crippen molar-refractivity contribution in [2.75, 3.05) is 13.2 Å². The first-order valence-electron chi connectivity index (χ1n) is 4.76. The molecule has 0 aliphatic heterocycles. The molecule has 0 saturated carbocycles. The van der Waals surface area contributed by atoms with Gasteiger partial charge >= 0.3 is 0 Å². The van der Waals surface area contributed by atoms with E-state index in [4.69, 9.17) is 5.11 Å². The molecule has 0 rings (SSSR count). The summed E-state index contributed by atoms with van der Waals surface area (Å²) < 4.78 is 0. The van der Waals surface area contributed by atoms with Crippen molar-refractivity contribution in [3.63, 3.8) is 0 Å². The van der Waals surface area contributed by atoms with Crippen LogP contribution in [0.5, 0.6) is 0 Å². The summed E-state index contributed by atoms with van der Waals surface area (Å²) in [5.41, 5.74) is 0. The molecule has 4 nitrogen and oxygen atoms in total. The lowest BCUT2D eigenvalue weighted by Gasteiger charge is -2.18. The minimum Gasteiger partial charge on any atom is -0.396 e. The number of carbonyl (C=O) groups excluding carboxylic acids is 1. The quantitative estimate of drug-likeness (QED) is 0.544. The summed E-state index contributed by atoms with van der Waals surface area (Å²) in [5.74, 6) is 0.00675. The van der Waals surface area contributed by atoms with Gasteiger partial charge in [0.25, 0.3) is 0 Å². The van der Waals surface area contributed by atoms with Gasteiger partial charge in [0.05, 0.1) is 6.04 Å². The molecule has 0 aromatic rings. The van der Waals surface area contributed by atoms with Gasteiger partial charge in [-0.05, 0) is 27.2 Å². The van der Waals surface area contributed by atoms with Gasteiger partial charge in [-0.1, -0.05) is 0 Å². The Labute approximate surface area is 79.7 Å². The van der Waals surface area contributed by atoms with Gasteiger partial charge in [-0.15, -0.1) is 0 Å². The minimum absolute atomic E-state index is 0.00675. The highest BCUT2D eigenvalue weighted by molar-refractivity contribution is 5.81. The largest absolute Gasteiger partial charge is 0.396 e. The maximum Gasteiger partial charge on any atom is 0.236 e.